The Bertz CT molecular complexity index is 494. The van der Waals surface area contributed by atoms with Crippen molar-refractivity contribution in [2.24, 2.45) is 0 Å². The predicted molar refractivity (Wildman–Crippen MR) is 77.7 cm³/mol. The van der Waals surface area contributed by atoms with Crippen LogP contribution in [0.2, 0.25) is 5.02 Å². The maximum absolute atomic E-state index is 11.7. The lowest BCUT2D eigenvalue weighted by molar-refractivity contribution is -0.385. The second kappa shape index (κ2) is 7.81. The van der Waals surface area contributed by atoms with Gasteiger partial charge in [0.1, 0.15) is 0 Å². The van der Waals surface area contributed by atoms with E-state index in [-0.39, 0.29) is 18.1 Å². The molecule has 0 spiro atoms. The van der Waals surface area contributed by atoms with Gasteiger partial charge < -0.3 is 10.6 Å². The van der Waals surface area contributed by atoms with Crippen LogP contribution >= 0.6 is 11.6 Å². The summed E-state index contributed by atoms with van der Waals surface area (Å²) in [5.41, 5.74) is 0.445. The van der Waals surface area contributed by atoms with E-state index >= 15 is 0 Å². The first-order valence-corrected chi connectivity index (χ1v) is 6.77. The number of benzene rings is 1. The Kier molecular flexibility index (Phi) is 6.41. The first kappa shape index (κ1) is 16.4. The standard InChI is InChI=1S/C13H18ClN3O3/c1-3-6-15-13(18)9(2)16-8-10-4-5-11(14)7-12(10)17(19)20/h4-5,7,9,16H,3,6,8H2,1-2H3,(H,15,18). The molecule has 1 atom stereocenters. The minimum Gasteiger partial charge on any atom is -0.355 e. The topological polar surface area (TPSA) is 84.3 Å². The minimum absolute atomic E-state index is 0.0498. The van der Waals surface area contributed by atoms with E-state index in [1.165, 1.54) is 6.07 Å². The molecule has 2 N–H and O–H groups in total. The van der Waals surface area contributed by atoms with Crippen molar-refractivity contribution in [2.75, 3.05) is 6.54 Å². The van der Waals surface area contributed by atoms with E-state index in [9.17, 15) is 14.9 Å². The molecular weight excluding hydrogens is 282 g/mol. The number of rotatable bonds is 7. The molecular formula is C13H18ClN3O3. The molecule has 6 nitrogen and oxygen atoms in total. The number of halogens is 1. The maximum atomic E-state index is 11.7. The number of amides is 1. The molecule has 1 rings (SSSR count). The monoisotopic (exact) mass is 299 g/mol. The van der Waals surface area contributed by atoms with Crippen LogP contribution in [0.3, 0.4) is 0 Å². The van der Waals surface area contributed by atoms with E-state index in [1.807, 2.05) is 6.92 Å². The Morgan fingerprint density at radius 3 is 2.80 bits per heavy atom. The van der Waals surface area contributed by atoms with Crippen molar-refractivity contribution in [3.05, 3.63) is 38.9 Å². The lowest BCUT2D eigenvalue weighted by Gasteiger charge is -2.13. The van der Waals surface area contributed by atoms with E-state index in [4.69, 9.17) is 11.6 Å². The molecule has 0 aromatic heterocycles. The van der Waals surface area contributed by atoms with Gasteiger partial charge >= 0.3 is 0 Å². The third-order valence-electron chi connectivity index (χ3n) is 2.79. The highest BCUT2D eigenvalue weighted by atomic mass is 35.5. The van der Waals surface area contributed by atoms with Crippen molar-refractivity contribution >= 4 is 23.2 Å². The zero-order valence-electron chi connectivity index (χ0n) is 11.5. The van der Waals surface area contributed by atoms with Gasteiger partial charge in [0, 0.05) is 29.7 Å². The van der Waals surface area contributed by atoms with Gasteiger partial charge in [-0.3, -0.25) is 14.9 Å². The van der Waals surface area contributed by atoms with Gasteiger partial charge in [-0.1, -0.05) is 18.5 Å². The van der Waals surface area contributed by atoms with Crippen molar-refractivity contribution < 1.29 is 9.72 Å². The first-order chi connectivity index (χ1) is 9.45. The quantitative estimate of drug-likeness (QED) is 0.597. The fourth-order valence-electron chi connectivity index (χ4n) is 1.61. The number of hydrogen-bond acceptors (Lipinski definition) is 4. The molecule has 1 aromatic rings. The number of nitrogens with zero attached hydrogens (tertiary/aromatic N) is 1. The third kappa shape index (κ3) is 4.79. The van der Waals surface area contributed by atoms with E-state index in [1.54, 1.807) is 19.1 Å². The average molecular weight is 300 g/mol. The largest absolute Gasteiger partial charge is 0.355 e. The summed E-state index contributed by atoms with van der Waals surface area (Å²) >= 11 is 5.74. The molecule has 0 saturated heterocycles. The van der Waals surface area contributed by atoms with Crippen molar-refractivity contribution in [3.63, 3.8) is 0 Å². The molecule has 1 unspecified atom stereocenters. The molecule has 20 heavy (non-hydrogen) atoms. The van der Waals surface area contributed by atoms with Crippen LogP contribution in [0.1, 0.15) is 25.8 Å². The van der Waals surface area contributed by atoms with Crippen LogP contribution in [0, 0.1) is 10.1 Å². The number of nitro groups is 1. The van der Waals surface area contributed by atoms with Gasteiger partial charge in [-0.2, -0.15) is 0 Å². The van der Waals surface area contributed by atoms with Crippen molar-refractivity contribution in [1.29, 1.82) is 0 Å². The Morgan fingerprint density at radius 1 is 1.50 bits per heavy atom. The molecule has 0 fully saturated rings. The molecule has 0 heterocycles. The maximum Gasteiger partial charge on any atom is 0.275 e. The molecule has 1 aromatic carbocycles. The zero-order chi connectivity index (χ0) is 15.1. The first-order valence-electron chi connectivity index (χ1n) is 6.39. The average Bonchev–Trinajstić information content (AvgIpc) is 2.42. The molecule has 0 aliphatic carbocycles. The highest BCUT2D eigenvalue weighted by Crippen LogP contribution is 2.23. The molecule has 0 radical (unpaired) electrons. The summed E-state index contributed by atoms with van der Waals surface area (Å²) in [6.07, 6.45) is 0.862. The number of carbonyl (C=O) groups excluding carboxylic acids is 1. The van der Waals surface area contributed by atoms with E-state index in [0.29, 0.717) is 17.1 Å². The van der Waals surface area contributed by atoms with E-state index < -0.39 is 11.0 Å². The normalized spacial score (nSPS) is 11.9. The van der Waals surface area contributed by atoms with Gasteiger partial charge in [0.15, 0.2) is 0 Å². The smallest absolute Gasteiger partial charge is 0.275 e. The molecule has 110 valence electrons. The van der Waals surface area contributed by atoms with Gasteiger partial charge in [0.25, 0.3) is 5.69 Å². The fraction of sp³-hybridized carbons (Fsp3) is 0.462. The third-order valence-corrected chi connectivity index (χ3v) is 3.02. The molecule has 0 bridgehead atoms. The van der Waals surface area contributed by atoms with Gasteiger partial charge in [0.05, 0.1) is 11.0 Å². The van der Waals surface area contributed by atoms with E-state index in [0.717, 1.165) is 6.42 Å². The Morgan fingerprint density at radius 2 is 2.20 bits per heavy atom. The summed E-state index contributed by atoms with van der Waals surface area (Å²) < 4.78 is 0. The number of nitrogens with one attached hydrogen (secondary N) is 2. The van der Waals surface area contributed by atoms with Crippen LogP contribution < -0.4 is 10.6 Å². The SMILES string of the molecule is CCCNC(=O)C(C)NCc1ccc(Cl)cc1[N+](=O)[O-]. The highest BCUT2D eigenvalue weighted by Gasteiger charge is 2.16. The predicted octanol–water partition coefficient (Wildman–Crippen LogP) is 2.25. The molecule has 0 aliphatic rings. The second-order valence-electron chi connectivity index (χ2n) is 4.42. The van der Waals surface area contributed by atoms with Crippen molar-refractivity contribution in [1.82, 2.24) is 10.6 Å². The lowest BCUT2D eigenvalue weighted by atomic mass is 10.1. The number of nitro benzene ring substituents is 1. The van der Waals surface area contributed by atoms with Crippen molar-refractivity contribution in [2.45, 2.75) is 32.9 Å². The summed E-state index contributed by atoms with van der Waals surface area (Å²) in [5.74, 6) is -0.122. The minimum atomic E-state index is -0.481. The number of hydrogen-bond donors (Lipinski definition) is 2. The molecule has 0 saturated carbocycles. The molecule has 0 aliphatic heterocycles. The van der Waals surface area contributed by atoms with Gasteiger partial charge in [-0.25, -0.2) is 0 Å². The molecule has 1 amide bonds. The highest BCUT2D eigenvalue weighted by molar-refractivity contribution is 6.30. The van der Waals surface area contributed by atoms with Crippen LogP contribution in [-0.4, -0.2) is 23.4 Å². The van der Waals surface area contributed by atoms with E-state index in [2.05, 4.69) is 10.6 Å². The lowest BCUT2D eigenvalue weighted by Crippen LogP contribution is -2.42. The van der Waals surface area contributed by atoms with Crippen LogP contribution in [0.15, 0.2) is 18.2 Å². The second-order valence-corrected chi connectivity index (χ2v) is 4.86. The summed E-state index contributed by atoms with van der Waals surface area (Å²) in [4.78, 5) is 22.1. The van der Waals surface area contributed by atoms with Gasteiger partial charge in [0.2, 0.25) is 5.91 Å². The van der Waals surface area contributed by atoms with Crippen molar-refractivity contribution in [3.8, 4) is 0 Å². The Hall–Kier alpha value is -1.66. The van der Waals surface area contributed by atoms with Crippen LogP contribution in [0.25, 0.3) is 0 Å². The van der Waals surface area contributed by atoms with Crippen LogP contribution in [0.5, 0.6) is 0 Å². The van der Waals surface area contributed by atoms with Gasteiger partial charge in [-0.05, 0) is 25.5 Å². The summed E-state index contributed by atoms with van der Waals surface area (Å²) in [6, 6.07) is 4.06. The van der Waals surface area contributed by atoms with Crippen LogP contribution in [-0.2, 0) is 11.3 Å². The number of carbonyl (C=O) groups is 1. The Labute approximate surface area is 122 Å². The fourth-order valence-corrected chi connectivity index (χ4v) is 1.78. The summed E-state index contributed by atoms with van der Waals surface area (Å²) in [7, 11) is 0. The zero-order valence-corrected chi connectivity index (χ0v) is 12.2. The summed E-state index contributed by atoms with van der Waals surface area (Å²) in [6.45, 7) is 4.53. The summed E-state index contributed by atoms with van der Waals surface area (Å²) in [5, 5.41) is 17.0. The van der Waals surface area contributed by atoms with Crippen LogP contribution in [0.4, 0.5) is 5.69 Å². The van der Waals surface area contributed by atoms with Gasteiger partial charge in [-0.15, -0.1) is 0 Å². The molecule has 7 heteroatoms. The Balaban J connectivity index is 2.65.